The van der Waals surface area contributed by atoms with Crippen molar-refractivity contribution in [3.8, 4) is 11.5 Å². The second kappa shape index (κ2) is 10.1. The molecule has 0 aromatic heterocycles. The highest BCUT2D eigenvalue weighted by Crippen LogP contribution is 2.38. The topological polar surface area (TPSA) is 115 Å². The Bertz CT molecular complexity index is 888. The van der Waals surface area contributed by atoms with Gasteiger partial charge in [-0.3, -0.25) is 10.1 Å². The average Bonchev–Trinajstić information content (AvgIpc) is 2.66. The zero-order valence-electron chi connectivity index (χ0n) is 15.3. The van der Waals surface area contributed by atoms with Crippen LogP contribution in [0, 0.1) is 10.1 Å². The van der Waals surface area contributed by atoms with Gasteiger partial charge in [-0.05, 0) is 30.7 Å². The summed E-state index contributed by atoms with van der Waals surface area (Å²) in [6.07, 6.45) is 1.95. The van der Waals surface area contributed by atoms with E-state index in [0.29, 0.717) is 29.3 Å². The summed E-state index contributed by atoms with van der Waals surface area (Å²) in [6, 6.07) is 8.83. The van der Waals surface area contributed by atoms with E-state index in [0.717, 1.165) is 0 Å². The van der Waals surface area contributed by atoms with E-state index in [1.54, 1.807) is 24.3 Å². The van der Waals surface area contributed by atoms with Crippen LogP contribution in [0.15, 0.2) is 41.5 Å². The van der Waals surface area contributed by atoms with Crippen LogP contribution in [0.25, 0.3) is 0 Å². The summed E-state index contributed by atoms with van der Waals surface area (Å²) in [5.41, 5.74) is 2.87. The molecule has 0 bridgehead atoms. The first-order chi connectivity index (χ1) is 13.4. The molecule has 2 amide bonds. The minimum Gasteiger partial charge on any atom is -0.493 e. The third-order valence-electron chi connectivity index (χ3n) is 3.39. The highest BCUT2D eigenvalue weighted by atomic mass is 35.5. The van der Waals surface area contributed by atoms with E-state index in [1.807, 2.05) is 6.92 Å². The molecule has 0 saturated carbocycles. The Hall–Kier alpha value is -3.33. The highest BCUT2D eigenvalue weighted by molar-refractivity contribution is 6.30. The third-order valence-corrected chi connectivity index (χ3v) is 3.62. The number of methoxy groups -OCH3 is 1. The van der Waals surface area contributed by atoms with Crippen LogP contribution in [0.4, 0.5) is 16.2 Å². The summed E-state index contributed by atoms with van der Waals surface area (Å²) in [5, 5.41) is 18.2. The summed E-state index contributed by atoms with van der Waals surface area (Å²) in [4.78, 5) is 22.6. The van der Waals surface area contributed by atoms with Crippen molar-refractivity contribution >= 4 is 35.2 Å². The Kier molecular flexibility index (Phi) is 7.58. The Morgan fingerprint density at radius 3 is 2.79 bits per heavy atom. The number of hydrogen-bond donors (Lipinski definition) is 2. The molecular formula is C18H19ClN4O5. The molecule has 0 spiro atoms. The van der Waals surface area contributed by atoms with Gasteiger partial charge in [0.2, 0.25) is 5.75 Å². The van der Waals surface area contributed by atoms with E-state index in [4.69, 9.17) is 21.1 Å². The first-order valence-electron chi connectivity index (χ1n) is 8.29. The molecule has 0 atom stereocenters. The van der Waals surface area contributed by atoms with Gasteiger partial charge in [-0.15, -0.1) is 0 Å². The fraction of sp³-hybridized carbons (Fsp3) is 0.222. The summed E-state index contributed by atoms with van der Waals surface area (Å²) < 4.78 is 10.6. The maximum atomic E-state index is 11.9. The van der Waals surface area contributed by atoms with E-state index in [-0.39, 0.29) is 17.2 Å². The van der Waals surface area contributed by atoms with Gasteiger partial charge in [0.25, 0.3) is 0 Å². The molecule has 0 aliphatic heterocycles. The van der Waals surface area contributed by atoms with Gasteiger partial charge in [0.1, 0.15) is 0 Å². The maximum Gasteiger partial charge on any atom is 0.339 e. The first kappa shape index (κ1) is 21.0. The van der Waals surface area contributed by atoms with Gasteiger partial charge in [-0.25, -0.2) is 10.2 Å². The van der Waals surface area contributed by atoms with Crippen LogP contribution in [0.2, 0.25) is 5.02 Å². The van der Waals surface area contributed by atoms with Gasteiger partial charge in [-0.1, -0.05) is 24.6 Å². The molecule has 2 N–H and O–H groups in total. The van der Waals surface area contributed by atoms with E-state index in [1.165, 1.54) is 25.5 Å². The Labute approximate surface area is 166 Å². The number of halogens is 1. The predicted octanol–water partition coefficient (Wildman–Crippen LogP) is 4.20. The number of hydrogen-bond acceptors (Lipinski definition) is 6. The minimum absolute atomic E-state index is 0.0539. The number of rotatable bonds is 8. The van der Waals surface area contributed by atoms with Crippen molar-refractivity contribution in [2.75, 3.05) is 19.0 Å². The lowest BCUT2D eigenvalue weighted by molar-refractivity contribution is -0.386. The van der Waals surface area contributed by atoms with Crippen molar-refractivity contribution in [1.82, 2.24) is 5.43 Å². The summed E-state index contributed by atoms with van der Waals surface area (Å²) in [5.74, 6) is 0.255. The number of amides is 2. The predicted molar refractivity (Wildman–Crippen MR) is 107 cm³/mol. The molecule has 2 aromatic carbocycles. The number of nitrogens with one attached hydrogen (secondary N) is 2. The molecule has 0 unspecified atom stereocenters. The number of ether oxygens (including phenoxy) is 2. The van der Waals surface area contributed by atoms with E-state index >= 15 is 0 Å². The number of nitro benzene ring substituents is 1. The summed E-state index contributed by atoms with van der Waals surface area (Å²) in [6.45, 7) is 2.20. The lowest BCUT2D eigenvalue weighted by Crippen LogP contribution is -2.24. The third kappa shape index (κ3) is 5.85. The highest BCUT2D eigenvalue weighted by Gasteiger charge is 2.21. The second-order valence-corrected chi connectivity index (χ2v) is 5.95. The van der Waals surface area contributed by atoms with Crippen molar-refractivity contribution < 1.29 is 19.2 Å². The molecule has 148 valence electrons. The van der Waals surface area contributed by atoms with Crippen molar-refractivity contribution in [2.24, 2.45) is 5.10 Å². The molecule has 2 rings (SSSR count). The molecule has 2 aromatic rings. The quantitative estimate of drug-likeness (QED) is 0.387. The molecule has 0 fully saturated rings. The number of anilines is 1. The molecule has 0 aliphatic rings. The van der Waals surface area contributed by atoms with Crippen molar-refractivity contribution in [2.45, 2.75) is 13.3 Å². The van der Waals surface area contributed by atoms with E-state index in [2.05, 4.69) is 15.8 Å². The first-order valence-corrected chi connectivity index (χ1v) is 8.67. The monoisotopic (exact) mass is 406 g/mol. The Balaban J connectivity index is 2.12. The summed E-state index contributed by atoms with van der Waals surface area (Å²) >= 11 is 5.85. The van der Waals surface area contributed by atoms with Crippen LogP contribution in [0.5, 0.6) is 11.5 Å². The molecular weight excluding hydrogens is 388 g/mol. The van der Waals surface area contributed by atoms with Crippen LogP contribution in [0.3, 0.4) is 0 Å². The zero-order valence-corrected chi connectivity index (χ0v) is 16.0. The lowest BCUT2D eigenvalue weighted by Gasteiger charge is -2.11. The largest absolute Gasteiger partial charge is 0.493 e. The number of hydrazone groups is 1. The lowest BCUT2D eigenvalue weighted by atomic mass is 10.2. The number of nitrogens with zero attached hydrogens (tertiary/aromatic N) is 2. The second-order valence-electron chi connectivity index (χ2n) is 5.51. The van der Waals surface area contributed by atoms with Gasteiger partial charge >= 0.3 is 11.7 Å². The van der Waals surface area contributed by atoms with Crippen molar-refractivity contribution in [3.05, 3.63) is 57.1 Å². The number of nitro groups is 1. The average molecular weight is 407 g/mol. The molecule has 28 heavy (non-hydrogen) atoms. The number of benzene rings is 2. The van der Waals surface area contributed by atoms with Gasteiger partial charge in [0.05, 0.1) is 24.9 Å². The normalized spacial score (nSPS) is 10.5. The molecule has 10 heteroatoms. The van der Waals surface area contributed by atoms with Gasteiger partial charge in [-0.2, -0.15) is 5.10 Å². The number of carbonyl (C=O) groups is 1. The van der Waals surface area contributed by atoms with Crippen molar-refractivity contribution in [3.63, 3.8) is 0 Å². The SMILES string of the molecule is CCCOc1c(OC)cc(/C=N\NC(=O)Nc2cccc(Cl)c2)cc1[N+](=O)[O-]. The standard InChI is InChI=1S/C18H19ClN4O5/c1-3-7-28-17-15(23(25)26)8-12(9-16(17)27-2)11-20-22-18(24)21-14-6-4-5-13(19)10-14/h4-6,8-11H,3,7H2,1-2H3,(H2,21,22,24)/b20-11-. The fourth-order valence-electron chi connectivity index (χ4n) is 2.21. The number of urea groups is 1. The Morgan fingerprint density at radius 2 is 2.14 bits per heavy atom. The van der Waals surface area contributed by atoms with Gasteiger partial charge in [0.15, 0.2) is 5.75 Å². The number of carbonyl (C=O) groups excluding carboxylic acids is 1. The summed E-state index contributed by atoms with van der Waals surface area (Å²) in [7, 11) is 1.38. The molecule has 0 saturated heterocycles. The van der Waals surface area contributed by atoms with Crippen LogP contribution in [-0.2, 0) is 0 Å². The molecule has 0 heterocycles. The van der Waals surface area contributed by atoms with Crippen LogP contribution >= 0.6 is 11.6 Å². The molecule has 9 nitrogen and oxygen atoms in total. The van der Waals surface area contributed by atoms with Crippen molar-refractivity contribution in [1.29, 1.82) is 0 Å². The maximum absolute atomic E-state index is 11.9. The fourth-order valence-corrected chi connectivity index (χ4v) is 2.40. The van der Waals surface area contributed by atoms with E-state index in [9.17, 15) is 14.9 Å². The molecule has 0 aliphatic carbocycles. The van der Waals surface area contributed by atoms with Crippen LogP contribution in [0.1, 0.15) is 18.9 Å². The smallest absolute Gasteiger partial charge is 0.339 e. The minimum atomic E-state index is -0.595. The van der Waals surface area contributed by atoms with Crippen LogP contribution < -0.4 is 20.2 Å². The van der Waals surface area contributed by atoms with E-state index < -0.39 is 11.0 Å². The van der Waals surface area contributed by atoms with Gasteiger partial charge < -0.3 is 14.8 Å². The van der Waals surface area contributed by atoms with Crippen LogP contribution in [-0.4, -0.2) is 30.9 Å². The Morgan fingerprint density at radius 1 is 1.36 bits per heavy atom. The zero-order chi connectivity index (χ0) is 20.5. The van der Waals surface area contributed by atoms with Gasteiger partial charge in [0, 0.05) is 22.3 Å². The molecule has 0 radical (unpaired) electrons.